The van der Waals surface area contributed by atoms with Crippen molar-refractivity contribution >= 4 is 8.32 Å². The molecule has 0 amide bonds. The van der Waals surface area contributed by atoms with Crippen molar-refractivity contribution in [3.63, 3.8) is 0 Å². The van der Waals surface area contributed by atoms with Gasteiger partial charge in [0.2, 0.25) is 0 Å². The van der Waals surface area contributed by atoms with Crippen LogP contribution in [0.25, 0.3) is 0 Å². The van der Waals surface area contributed by atoms with Gasteiger partial charge in [0, 0.05) is 6.20 Å². The summed E-state index contributed by atoms with van der Waals surface area (Å²) in [4.78, 5) is 4.23. The lowest BCUT2D eigenvalue weighted by Gasteiger charge is -2.35. The second-order valence-corrected chi connectivity index (χ2v) is 10.7. The molecule has 0 aliphatic carbocycles. The van der Waals surface area contributed by atoms with E-state index in [-0.39, 0.29) is 5.04 Å². The molecule has 0 spiro atoms. The number of aromatic nitrogens is 1. The van der Waals surface area contributed by atoms with Crippen LogP contribution in [0.5, 0.6) is 0 Å². The van der Waals surface area contributed by atoms with E-state index in [1.165, 1.54) is 0 Å². The van der Waals surface area contributed by atoms with Crippen LogP contribution in [0.4, 0.5) is 0 Å². The summed E-state index contributed by atoms with van der Waals surface area (Å²) in [5.74, 6) is 6.20. The minimum Gasteiger partial charge on any atom is -0.406 e. The Kier molecular flexibility index (Phi) is 5.12. The Bertz CT molecular complexity index is 423. The molecule has 0 radical (unpaired) electrons. The highest BCUT2D eigenvalue weighted by molar-refractivity contribution is 6.74. The third kappa shape index (κ3) is 4.64. The summed E-state index contributed by atoms with van der Waals surface area (Å²) < 4.78 is 5.98. The standard InChI is InChI=1S/C15H23NOSi/c1-15(2,3)18(4,5)17-13-9-7-11-14-10-6-8-12-16-14/h6,8,10,12H,11,13H2,1-5H3. The molecule has 0 aliphatic rings. The van der Waals surface area contributed by atoms with Gasteiger partial charge in [-0.2, -0.15) is 0 Å². The van der Waals surface area contributed by atoms with E-state index in [9.17, 15) is 0 Å². The molecular weight excluding hydrogens is 238 g/mol. The molecule has 0 aliphatic heterocycles. The largest absolute Gasteiger partial charge is 0.406 e. The van der Waals surface area contributed by atoms with Crippen molar-refractivity contribution in [1.82, 2.24) is 4.98 Å². The lowest BCUT2D eigenvalue weighted by molar-refractivity contribution is 0.334. The molecule has 3 heteroatoms. The SMILES string of the molecule is CC(C)(C)[Si](C)(C)OCC#CCc1ccccn1. The molecule has 2 nitrogen and oxygen atoms in total. The first-order valence-corrected chi connectivity index (χ1v) is 9.23. The normalized spacial score (nSPS) is 11.8. The molecule has 0 fully saturated rings. The number of nitrogens with zero attached hydrogens (tertiary/aromatic N) is 1. The van der Waals surface area contributed by atoms with Gasteiger partial charge in [0.15, 0.2) is 8.32 Å². The fourth-order valence-corrected chi connectivity index (χ4v) is 2.01. The number of rotatable bonds is 3. The predicted octanol–water partition coefficient (Wildman–Crippen LogP) is 3.65. The zero-order valence-electron chi connectivity index (χ0n) is 12.1. The Hall–Kier alpha value is -1.11. The Balaban J connectivity index is 2.40. The van der Waals surface area contributed by atoms with Gasteiger partial charge in [0.1, 0.15) is 0 Å². The summed E-state index contributed by atoms with van der Waals surface area (Å²) in [5, 5.41) is 0.246. The number of hydrogen-bond donors (Lipinski definition) is 0. The zero-order valence-corrected chi connectivity index (χ0v) is 13.1. The molecule has 0 N–H and O–H groups in total. The quantitative estimate of drug-likeness (QED) is 0.612. The highest BCUT2D eigenvalue weighted by atomic mass is 28.4. The molecule has 1 heterocycles. The van der Waals surface area contributed by atoms with Crippen molar-refractivity contribution < 1.29 is 4.43 Å². The highest BCUT2D eigenvalue weighted by Crippen LogP contribution is 2.36. The van der Waals surface area contributed by atoms with Crippen molar-refractivity contribution in [3.05, 3.63) is 30.1 Å². The van der Waals surface area contributed by atoms with Crippen LogP contribution >= 0.6 is 0 Å². The summed E-state index contributed by atoms with van der Waals surface area (Å²) in [5.41, 5.74) is 1.01. The molecule has 1 rings (SSSR count). The van der Waals surface area contributed by atoms with Gasteiger partial charge in [0.25, 0.3) is 0 Å². The van der Waals surface area contributed by atoms with Gasteiger partial charge in [-0.3, -0.25) is 4.98 Å². The van der Waals surface area contributed by atoms with E-state index in [1.54, 1.807) is 6.20 Å². The summed E-state index contributed by atoms with van der Waals surface area (Å²) in [6.07, 6.45) is 2.49. The molecule has 0 bridgehead atoms. The van der Waals surface area contributed by atoms with E-state index >= 15 is 0 Å². The maximum absolute atomic E-state index is 5.98. The van der Waals surface area contributed by atoms with Crippen LogP contribution in [-0.4, -0.2) is 19.9 Å². The molecule has 98 valence electrons. The first kappa shape index (κ1) is 14.9. The van der Waals surface area contributed by atoms with Crippen LogP contribution in [-0.2, 0) is 10.8 Å². The molecular formula is C15H23NOSi. The molecule has 1 aromatic rings. The van der Waals surface area contributed by atoms with Crippen molar-refractivity contribution in [2.45, 2.75) is 45.3 Å². The van der Waals surface area contributed by atoms with Gasteiger partial charge in [0.05, 0.1) is 18.7 Å². The molecule has 1 aromatic heterocycles. The molecule has 0 unspecified atom stereocenters. The Morgan fingerprint density at radius 1 is 1.22 bits per heavy atom. The summed E-state index contributed by atoms with van der Waals surface area (Å²) in [7, 11) is -1.65. The molecule has 0 saturated heterocycles. The van der Waals surface area contributed by atoms with Gasteiger partial charge < -0.3 is 4.43 Å². The molecule has 0 saturated carbocycles. The monoisotopic (exact) mass is 261 g/mol. The highest BCUT2D eigenvalue weighted by Gasteiger charge is 2.36. The first-order valence-electron chi connectivity index (χ1n) is 6.32. The summed E-state index contributed by atoms with van der Waals surface area (Å²) in [6, 6.07) is 5.89. The minimum absolute atomic E-state index is 0.246. The van der Waals surface area contributed by atoms with Gasteiger partial charge in [-0.15, -0.1) is 0 Å². The second-order valence-electron chi connectivity index (χ2n) is 5.90. The summed E-state index contributed by atoms with van der Waals surface area (Å²) in [6.45, 7) is 11.7. The maximum atomic E-state index is 5.98. The van der Waals surface area contributed by atoms with Crippen LogP contribution in [0.15, 0.2) is 24.4 Å². The fraction of sp³-hybridized carbons (Fsp3) is 0.533. The fourth-order valence-electron chi connectivity index (χ4n) is 1.14. The van der Waals surface area contributed by atoms with Crippen molar-refractivity contribution in [1.29, 1.82) is 0 Å². The van der Waals surface area contributed by atoms with Crippen molar-refractivity contribution in [3.8, 4) is 11.8 Å². The van der Waals surface area contributed by atoms with Gasteiger partial charge in [-0.25, -0.2) is 0 Å². The number of pyridine rings is 1. The molecule has 18 heavy (non-hydrogen) atoms. The Morgan fingerprint density at radius 2 is 1.94 bits per heavy atom. The molecule has 0 atom stereocenters. The first-order chi connectivity index (χ1) is 8.33. The van der Waals surface area contributed by atoms with Crippen molar-refractivity contribution in [2.24, 2.45) is 0 Å². The van der Waals surface area contributed by atoms with Gasteiger partial charge in [-0.05, 0) is 30.3 Å². The number of hydrogen-bond acceptors (Lipinski definition) is 2. The van der Waals surface area contributed by atoms with Crippen LogP contribution < -0.4 is 0 Å². The second kappa shape index (κ2) is 6.17. The maximum Gasteiger partial charge on any atom is 0.193 e. The average Bonchev–Trinajstić information content (AvgIpc) is 2.28. The van der Waals surface area contributed by atoms with E-state index in [4.69, 9.17) is 4.43 Å². The van der Waals surface area contributed by atoms with E-state index in [0.29, 0.717) is 13.0 Å². The lowest BCUT2D eigenvalue weighted by Crippen LogP contribution is -2.40. The predicted molar refractivity (Wildman–Crippen MR) is 78.9 cm³/mol. The molecule has 0 aromatic carbocycles. The van der Waals surface area contributed by atoms with Crippen LogP contribution in [0.2, 0.25) is 18.1 Å². The Labute approximate surface area is 112 Å². The third-order valence-electron chi connectivity index (χ3n) is 3.43. The van der Waals surface area contributed by atoms with E-state index < -0.39 is 8.32 Å². The summed E-state index contributed by atoms with van der Waals surface area (Å²) >= 11 is 0. The van der Waals surface area contributed by atoms with Crippen molar-refractivity contribution in [2.75, 3.05) is 6.61 Å². The van der Waals surface area contributed by atoms with Crippen LogP contribution in [0.1, 0.15) is 26.5 Å². The lowest BCUT2D eigenvalue weighted by atomic mass is 10.2. The topological polar surface area (TPSA) is 22.1 Å². The Morgan fingerprint density at radius 3 is 2.50 bits per heavy atom. The van der Waals surface area contributed by atoms with Gasteiger partial charge in [-0.1, -0.05) is 38.7 Å². The smallest absolute Gasteiger partial charge is 0.193 e. The van der Waals surface area contributed by atoms with Crippen LogP contribution in [0.3, 0.4) is 0 Å². The van der Waals surface area contributed by atoms with Gasteiger partial charge >= 0.3 is 0 Å². The van der Waals surface area contributed by atoms with E-state index in [0.717, 1.165) is 5.69 Å². The minimum atomic E-state index is -1.65. The average molecular weight is 261 g/mol. The van der Waals surface area contributed by atoms with Crippen LogP contribution in [0, 0.1) is 11.8 Å². The third-order valence-corrected chi connectivity index (χ3v) is 7.91. The zero-order chi connectivity index (χ0) is 13.6. The van der Waals surface area contributed by atoms with E-state index in [1.807, 2.05) is 18.2 Å². The van der Waals surface area contributed by atoms with E-state index in [2.05, 4.69) is 50.7 Å².